The third-order valence-corrected chi connectivity index (χ3v) is 3.35. The van der Waals surface area contributed by atoms with E-state index in [1.54, 1.807) is 24.9 Å². The molecular formula is C14H17BrN2O2. The van der Waals surface area contributed by atoms with Gasteiger partial charge in [-0.05, 0) is 32.0 Å². The molecule has 0 heterocycles. The molecule has 0 fully saturated rings. The van der Waals surface area contributed by atoms with E-state index in [1.807, 2.05) is 25.1 Å². The second-order valence-electron chi connectivity index (χ2n) is 4.38. The molecule has 0 N–H and O–H groups in total. The average molecular weight is 325 g/mol. The summed E-state index contributed by atoms with van der Waals surface area (Å²) in [6.45, 7) is 3.55. The van der Waals surface area contributed by atoms with E-state index in [0.29, 0.717) is 12.2 Å². The third-order valence-electron chi connectivity index (χ3n) is 2.85. The second kappa shape index (κ2) is 7.15. The van der Waals surface area contributed by atoms with Crippen molar-refractivity contribution in [2.75, 3.05) is 7.05 Å². The second-order valence-corrected chi connectivity index (χ2v) is 5.29. The van der Waals surface area contributed by atoms with E-state index in [4.69, 9.17) is 10.00 Å². The summed E-state index contributed by atoms with van der Waals surface area (Å²) in [5, 5.41) is 8.65. The fourth-order valence-electron chi connectivity index (χ4n) is 1.57. The molecule has 1 rings (SSSR count). The highest BCUT2D eigenvalue weighted by atomic mass is 79.9. The number of rotatable bonds is 5. The van der Waals surface area contributed by atoms with Gasteiger partial charge in [-0.3, -0.25) is 4.79 Å². The molecule has 0 saturated heterocycles. The van der Waals surface area contributed by atoms with Crippen LogP contribution in [-0.4, -0.2) is 30.0 Å². The van der Waals surface area contributed by atoms with Gasteiger partial charge in [0.2, 0.25) is 0 Å². The van der Waals surface area contributed by atoms with Crippen LogP contribution in [0.4, 0.5) is 0 Å². The summed E-state index contributed by atoms with van der Waals surface area (Å²) in [5.74, 6) is 0.499. The van der Waals surface area contributed by atoms with Gasteiger partial charge in [0.1, 0.15) is 5.75 Å². The van der Waals surface area contributed by atoms with Crippen LogP contribution in [0.5, 0.6) is 5.75 Å². The highest BCUT2D eigenvalue weighted by Gasteiger charge is 2.22. The summed E-state index contributed by atoms with van der Waals surface area (Å²) < 4.78 is 6.50. The van der Waals surface area contributed by atoms with Crippen LogP contribution < -0.4 is 4.74 Å². The quantitative estimate of drug-likeness (QED) is 0.836. The van der Waals surface area contributed by atoms with Gasteiger partial charge in [-0.1, -0.05) is 22.0 Å². The van der Waals surface area contributed by atoms with Crippen molar-refractivity contribution in [1.29, 1.82) is 5.26 Å². The molecule has 102 valence electrons. The Morgan fingerprint density at radius 3 is 2.79 bits per heavy atom. The largest absolute Gasteiger partial charge is 0.481 e. The maximum absolute atomic E-state index is 12.1. The molecular weight excluding hydrogens is 308 g/mol. The highest BCUT2D eigenvalue weighted by molar-refractivity contribution is 9.10. The van der Waals surface area contributed by atoms with Crippen LogP contribution in [0.1, 0.15) is 20.3 Å². The third kappa shape index (κ3) is 4.56. The van der Waals surface area contributed by atoms with Crippen LogP contribution in [0, 0.1) is 11.3 Å². The first-order valence-electron chi connectivity index (χ1n) is 6.01. The molecule has 0 aliphatic rings. The number of amides is 1. The molecule has 0 unspecified atom stereocenters. The molecule has 4 nitrogen and oxygen atoms in total. The minimum atomic E-state index is -0.583. The molecule has 0 bridgehead atoms. The van der Waals surface area contributed by atoms with Gasteiger partial charge in [0.25, 0.3) is 5.91 Å². The van der Waals surface area contributed by atoms with E-state index in [0.717, 1.165) is 4.47 Å². The highest BCUT2D eigenvalue weighted by Crippen LogP contribution is 2.19. The van der Waals surface area contributed by atoms with Gasteiger partial charge in [-0.25, -0.2) is 0 Å². The number of benzene rings is 1. The van der Waals surface area contributed by atoms with Gasteiger partial charge < -0.3 is 9.64 Å². The predicted octanol–water partition coefficient (Wildman–Crippen LogP) is 2.98. The first-order valence-corrected chi connectivity index (χ1v) is 6.81. The van der Waals surface area contributed by atoms with E-state index in [1.165, 1.54) is 0 Å². The number of nitriles is 1. The molecule has 0 saturated carbocycles. The van der Waals surface area contributed by atoms with Gasteiger partial charge >= 0.3 is 0 Å². The van der Waals surface area contributed by atoms with E-state index in [-0.39, 0.29) is 11.9 Å². The van der Waals surface area contributed by atoms with Gasteiger partial charge in [0, 0.05) is 17.6 Å². The SMILES string of the molecule is C[C@@H](Oc1cccc(Br)c1)C(=O)N(C)[C@@H](C)CC#N. The van der Waals surface area contributed by atoms with Crippen molar-refractivity contribution in [3.8, 4) is 11.8 Å². The Morgan fingerprint density at radius 2 is 2.21 bits per heavy atom. The van der Waals surface area contributed by atoms with Crippen LogP contribution in [0.3, 0.4) is 0 Å². The lowest BCUT2D eigenvalue weighted by Gasteiger charge is -2.26. The minimum Gasteiger partial charge on any atom is -0.481 e. The number of hydrogen-bond acceptors (Lipinski definition) is 3. The number of ether oxygens (including phenoxy) is 1. The summed E-state index contributed by atoms with van der Waals surface area (Å²) >= 11 is 3.35. The van der Waals surface area contributed by atoms with Crippen LogP contribution in [0.15, 0.2) is 28.7 Å². The number of carbonyl (C=O) groups is 1. The van der Waals surface area contributed by atoms with Crippen molar-refractivity contribution in [3.05, 3.63) is 28.7 Å². The van der Waals surface area contributed by atoms with E-state index >= 15 is 0 Å². The lowest BCUT2D eigenvalue weighted by molar-refractivity contribution is -0.138. The monoisotopic (exact) mass is 324 g/mol. The summed E-state index contributed by atoms with van der Waals surface area (Å²) in [7, 11) is 1.69. The maximum atomic E-state index is 12.1. The van der Waals surface area contributed by atoms with Crippen LogP contribution in [0.2, 0.25) is 0 Å². The van der Waals surface area contributed by atoms with Gasteiger partial charge in [-0.2, -0.15) is 5.26 Å². The van der Waals surface area contributed by atoms with Gasteiger partial charge in [0.15, 0.2) is 6.10 Å². The van der Waals surface area contributed by atoms with Crippen molar-refractivity contribution in [1.82, 2.24) is 4.90 Å². The summed E-state index contributed by atoms with van der Waals surface area (Å²) in [6.07, 6.45) is -0.272. The van der Waals surface area contributed by atoms with E-state index in [2.05, 4.69) is 22.0 Å². The smallest absolute Gasteiger partial charge is 0.263 e. The molecule has 0 aromatic heterocycles. The Hall–Kier alpha value is -1.54. The zero-order valence-electron chi connectivity index (χ0n) is 11.3. The number of likely N-dealkylation sites (N-methyl/N-ethyl adjacent to an activating group) is 1. The Balaban J connectivity index is 2.65. The molecule has 0 aliphatic carbocycles. The molecule has 0 aliphatic heterocycles. The standard InChI is InChI=1S/C14H17BrN2O2/c1-10(7-8-16)17(3)14(18)11(2)19-13-6-4-5-12(15)9-13/h4-6,9-11H,7H2,1-3H3/t10-,11+/m0/s1. The van der Waals surface area contributed by atoms with E-state index in [9.17, 15) is 4.79 Å². The number of carbonyl (C=O) groups excluding carboxylic acids is 1. The summed E-state index contributed by atoms with van der Waals surface area (Å²) in [5.41, 5.74) is 0. The summed E-state index contributed by atoms with van der Waals surface area (Å²) in [4.78, 5) is 13.7. The topological polar surface area (TPSA) is 53.3 Å². The van der Waals surface area contributed by atoms with Crippen LogP contribution in [0.25, 0.3) is 0 Å². The van der Waals surface area contributed by atoms with Crippen molar-refractivity contribution in [3.63, 3.8) is 0 Å². The van der Waals surface area contributed by atoms with Crippen LogP contribution >= 0.6 is 15.9 Å². The normalized spacial score (nSPS) is 13.2. The molecule has 5 heteroatoms. The van der Waals surface area contributed by atoms with Crippen molar-refractivity contribution in [2.24, 2.45) is 0 Å². The summed E-state index contributed by atoms with van der Waals surface area (Å²) in [6, 6.07) is 9.28. The molecule has 1 amide bonds. The molecule has 19 heavy (non-hydrogen) atoms. The number of nitrogens with zero attached hydrogens (tertiary/aromatic N) is 2. The first-order chi connectivity index (χ1) is 8.95. The molecule has 2 atom stereocenters. The molecule has 0 radical (unpaired) electrons. The van der Waals surface area contributed by atoms with Crippen molar-refractivity contribution < 1.29 is 9.53 Å². The van der Waals surface area contributed by atoms with Crippen molar-refractivity contribution in [2.45, 2.75) is 32.4 Å². The molecule has 1 aromatic rings. The van der Waals surface area contributed by atoms with Crippen LogP contribution in [-0.2, 0) is 4.79 Å². The fourth-order valence-corrected chi connectivity index (χ4v) is 1.95. The lowest BCUT2D eigenvalue weighted by atomic mass is 10.2. The maximum Gasteiger partial charge on any atom is 0.263 e. The number of halogens is 1. The van der Waals surface area contributed by atoms with Crippen molar-refractivity contribution >= 4 is 21.8 Å². The number of hydrogen-bond donors (Lipinski definition) is 0. The zero-order chi connectivity index (χ0) is 14.4. The molecule has 0 spiro atoms. The minimum absolute atomic E-state index is 0.119. The predicted molar refractivity (Wildman–Crippen MR) is 76.7 cm³/mol. The Kier molecular flexibility index (Phi) is 5.84. The van der Waals surface area contributed by atoms with Gasteiger partial charge in [0.05, 0.1) is 12.5 Å². The Labute approximate surface area is 122 Å². The average Bonchev–Trinajstić information content (AvgIpc) is 2.37. The fraction of sp³-hybridized carbons (Fsp3) is 0.429. The molecule has 1 aromatic carbocycles. The van der Waals surface area contributed by atoms with E-state index < -0.39 is 6.10 Å². The Morgan fingerprint density at radius 1 is 1.53 bits per heavy atom. The zero-order valence-corrected chi connectivity index (χ0v) is 12.8. The first kappa shape index (κ1) is 15.5. The lowest BCUT2D eigenvalue weighted by Crippen LogP contribution is -2.42. The van der Waals surface area contributed by atoms with Gasteiger partial charge in [-0.15, -0.1) is 0 Å². The Bertz CT molecular complexity index is 485.